The molecule has 0 saturated carbocycles. The molecule has 0 spiro atoms. The van der Waals surface area contributed by atoms with Gasteiger partial charge < -0.3 is 0 Å². The molecular weight excluding hydrogens is 230 g/mol. The molecule has 88 valence electrons. The van der Waals surface area contributed by atoms with Crippen molar-refractivity contribution >= 4 is 11.6 Å². The van der Waals surface area contributed by atoms with Crippen molar-refractivity contribution in [2.24, 2.45) is 0 Å². The van der Waals surface area contributed by atoms with E-state index in [1.165, 1.54) is 5.56 Å². The average molecular weight is 246 g/mol. The molecule has 2 heteroatoms. The van der Waals surface area contributed by atoms with Crippen molar-refractivity contribution in [3.8, 4) is 11.1 Å². The van der Waals surface area contributed by atoms with E-state index >= 15 is 0 Å². The second-order valence-corrected chi connectivity index (χ2v) is 5.59. The molecule has 0 aliphatic rings. The molecule has 1 aromatic heterocycles. The Kier molecular flexibility index (Phi) is 3.21. The molecule has 0 saturated heterocycles. The SMILES string of the molecule is CC(C)(C)c1ccc(Cl)c(-c2ccncc2)c1. The Morgan fingerprint density at radius 1 is 1.00 bits per heavy atom. The lowest BCUT2D eigenvalue weighted by Gasteiger charge is -2.20. The van der Waals surface area contributed by atoms with Crippen molar-refractivity contribution in [1.29, 1.82) is 0 Å². The van der Waals surface area contributed by atoms with Crippen LogP contribution in [0, 0.1) is 0 Å². The molecule has 17 heavy (non-hydrogen) atoms. The first-order valence-corrected chi connectivity index (χ1v) is 6.07. The van der Waals surface area contributed by atoms with Gasteiger partial charge in [-0.15, -0.1) is 0 Å². The predicted molar refractivity (Wildman–Crippen MR) is 73.4 cm³/mol. The molecule has 0 bridgehead atoms. The summed E-state index contributed by atoms with van der Waals surface area (Å²) in [6, 6.07) is 10.2. The third-order valence-corrected chi connectivity index (χ3v) is 3.15. The summed E-state index contributed by atoms with van der Waals surface area (Å²) in [5.74, 6) is 0. The number of pyridine rings is 1. The summed E-state index contributed by atoms with van der Waals surface area (Å²) in [6.07, 6.45) is 3.57. The zero-order chi connectivity index (χ0) is 12.5. The highest BCUT2D eigenvalue weighted by Crippen LogP contribution is 2.32. The van der Waals surface area contributed by atoms with Gasteiger partial charge in [0.1, 0.15) is 0 Å². The molecule has 0 radical (unpaired) electrons. The molecule has 1 nitrogen and oxygen atoms in total. The first kappa shape index (κ1) is 12.1. The zero-order valence-corrected chi connectivity index (χ0v) is 11.1. The third kappa shape index (κ3) is 2.67. The molecule has 0 N–H and O–H groups in total. The molecule has 0 unspecified atom stereocenters. The summed E-state index contributed by atoms with van der Waals surface area (Å²) in [5, 5.41) is 0.782. The van der Waals surface area contributed by atoms with E-state index in [-0.39, 0.29) is 5.41 Å². The largest absolute Gasteiger partial charge is 0.265 e. The van der Waals surface area contributed by atoms with Crippen LogP contribution in [-0.4, -0.2) is 4.98 Å². The van der Waals surface area contributed by atoms with Crippen LogP contribution in [0.3, 0.4) is 0 Å². The van der Waals surface area contributed by atoms with Crippen LogP contribution in [-0.2, 0) is 5.41 Å². The summed E-state index contributed by atoms with van der Waals surface area (Å²) < 4.78 is 0. The van der Waals surface area contributed by atoms with Crippen LogP contribution in [0.15, 0.2) is 42.7 Å². The average Bonchev–Trinajstić information content (AvgIpc) is 2.29. The standard InChI is InChI=1S/C15H16ClN/c1-15(2,3)12-4-5-14(16)13(10-12)11-6-8-17-9-7-11/h4-10H,1-3H3. The van der Waals surface area contributed by atoms with Crippen molar-refractivity contribution in [2.75, 3.05) is 0 Å². The lowest BCUT2D eigenvalue weighted by atomic mass is 9.85. The van der Waals surface area contributed by atoms with Gasteiger partial charge >= 0.3 is 0 Å². The van der Waals surface area contributed by atoms with Crippen LogP contribution >= 0.6 is 11.6 Å². The van der Waals surface area contributed by atoms with E-state index < -0.39 is 0 Å². The molecule has 1 heterocycles. The zero-order valence-electron chi connectivity index (χ0n) is 10.4. The fraction of sp³-hybridized carbons (Fsp3) is 0.267. The molecule has 0 aliphatic heterocycles. The maximum Gasteiger partial charge on any atom is 0.0484 e. The quantitative estimate of drug-likeness (QED) is 0.710. The van der Waals surface area contributed by atoms with E-state index in [1.807, 2.05) is 18.2 Å². The number of nitrogens with zero attached hydrogens (tertiary/aromatic N) is 1. The normalized spacial score (nSPS) is 11.5. The monoisotopic (exact) mass is 245 g/mol. The highest BCUT2D eigenvalue weighted by Gasteiger charge is 2.15. The molecule has 0 atom stereocenters. The number of hydrogen-bond acceptors (Lipinski definition) is 1. The summed E-state index contributed by atoms with van der Waals surface area (Å²) >= 11 is 6.26. The second-order valence-electron chi connectivity index (χ2n) is 5.18. The fourth-order valence-corrected chi connectivity index (χ4v) is 1.97. The molecule has 0 fully saturated rings. The van der Waals surface area contributed by atoms with Crippen molar-refractivity contribution in [3.05, 3.63) is 53.3 Å². The fourth-order valence-electron chi connectivity index (χ4n) is 1.74. The maximum atomic E-state index is 6.26. The van der Waals surface area contributed by atoms with Crippen LogP contribution in [0.4, 0.5) is 0 Å². The van der Waals surface area contributed by atoms with Crippen molar-refractivity contribution < 1.29 is 0 Å². The molecule has 1 aromatic carbocycles. The smallest absolute Gasteiger partial charge is 0.0484 e. The van der Waals surface area contributed by atoms with Gasteiger partial charge in [0.2, 0.25) is 0 Å². The number of hydrogen-bond donors (Lipinski definition) is 0. The van der Waals surface area contributed by atoms with Gasteiger partial charge in [-0.3, -0.25) is 4.98 Å². The molecular formula is C15H16ClN. The Morgan fingerprint density at radius 2 is 1.65 bits per heavy atom. The van der Waals surface area contributed by atoms with E-state index in [0.717, 1.165) is 16.1 Å². The minimum absolute atomic E-state index is 0.131. The van der Waals surface area contributed by atoms with E-state index in [1.54, 1.807) is 12.4 Å². The Morgan fingerprint density at radius 3 is 2.24 bits per heavy atom. The van der Waals surface area contributed by atoms with Crippen molar-refractivity contribution in [3.63, 3.8) is 0 Å². The Bertz CT molecular complexity index is 512. The Hall–Kier alpha value is -1.34. The molecule has 2 rings (SSSR count). The molecule has 0 aliphatic carbocycles. The van der Waals surface area contributed by atoms with Crippen molar-refractivity contribution in [1.82, 2.24) is 4.98 Å². The number of halogens is 1. The van der Waals surface area contributed by atoms with Crippen LogP contribution < -0.4 is 0 Å². The third-order valence-electron chi connectivity index (χ3n) is 2.82. The van der Waals surface area contributed by atoms with Gasteiger partial charge in [0.25, 0.3) is 0 Å². The van der Waals surface area contributed by atoms with Gasteiger partial charge in [0, 0.05) is 23.0 Å². The highest BCUT2D eigenvalue weighted by atomic mass is 35.5. The van der Waals surface area contributed by atoms with Gasteiger partial charge in [0.05, 0.1) is 0 Å². The topological polar surface area (TPSA) is 12.9 Å². The first-order valence-electron chi connectivity index (χ1n) is 5.69. The summed E-state index contributed by atoms with van der Waals surface area (Å²) in [5.41, 5.74) is 3.60. The van der Waals surface area contributed by atoms with Gasteiger partial charge in [-0.1, -0.05) is 38.4 Å². The van der Waals surface area contributed by atoms with Gasteiger partial charge in [0.15, 0.2) is 0 Å². The summed E-state index contributed by atoms with van der Waals surface area (Å²) in [4.78, 5) is 4.03. The van der Waals surface area contributed by atoms with Crippen LogP contribution in [0.2, 0.25) is 5.02 Å². The van der Waals surface area contributed by atoms with Gasteiger partial charge in [-0.25, -0.2) is 0 Å². The van der Waals surface area contributed by atoms with E-state index in [0.29, 0.717) is 0 Å². The highest BCUT2D eigenvalue weighted by molar-refractivity contribution is 6.33. The minimum atomic E-state index is 0.131. The van der Waals surface area contributed by atoms with E-state index in [4.69, 9.17) is 11.6 Å². The maximum absolute atomic E-state index is 6.26. The van der Waals surface area contributed by atoms with E-state index in [9.17, 15) is 0 Å². The lowest BCUT2D eigenvalue weighted by Crippen LogP contribution is -2.10. The van der Waals surface area contributed by atoms with E-state index in [2.05, 4.69) is 37.9 Å². The summed E-state index contributed by atoms with van der Waals surface area (Å²) in [7, 11) is 0. The summed E-state index contributed by atoms with van der Waals surface area (Å²) in [6.45, 7) is 6.60. The van der Waals surface area contributed by atoms with Crippen molar-refractivity contribution in [2.45, 2.75) is 26.2 Å². The Balaban J connectivity index is 2.55. The Labute approximate surface area is 107 Å². The minimum Gasteiger partial charge on any atom is -0.265 e. The second kappa shape index (κ2) is 4.50. The number of benzene rings is 1. The lowest BCUT2D eigenvalue weighted by molar-refractivity contribution is 0.590. The first-order chi connectivity index (χ1) is 7.98. The molecule has 0 amide bonds. The number of rotatable bonds is 1. The number of aromatic nitrogens is 1. The van der Waals surface area contributed by atoms with Gasteiger partial charge in [-0.05, 0) is 40.8 Å². The van der Waals surface area contributed by atoms with Crippen LogP contribution in [0.1, 0.15) is 26.3 Å². The van der Waals surface area contributed by atoms with Gasteiger partial charge in [-0.2, -0.15) is 0 Å². The van der Waals surface area contributed by atoms with Crippen LogP contribution in [0.25, 0.3) is 11.1 Å². The predicted octanol–water partition coefficient (Wildman–Crippen LogP) is 4.70. The molecule has 2 aromatic rings. The van der Waals surface area contributed by atoms with Crippen LogP contribution in [0.5, 0.6) is 0 Å².